The molecule has 0 aliphatic carbocycles. The van der Waals surface area contributed by atoms with E-state index in [1.54, 1.807) is 24.3 Å². The number of rotatable bonds is 6. The third kappa shape index (κ3) is 6.10. The molecule has 192 valence electrons. The number of carbonyl (C=O) groups is 2. The monoisotopic (exact) mass is 534 g/mol. The fraction of sp³-hybridized carbons (Fsp3) is 0.182. The van der Waals surface area contributed by atoms with Crippen LogP contribution in [0, 0.1) is 0 Å². The van der Waals surface area contributed by atoms with Crippen LogP contribution in [-0.2, 0) is 10.9 Å². The molecular weight excluding hydrogens is 517 g/mol. The van der Waals surface area contributed by atoms with Crippen LogP contribution in [0.4, 0.5) is 45.6 Å². The van der Waals surface area contributed by atoms with E-state index in [0.717, 1.165) is 12.1 Å². The van der Waals surface area contributed by atoms with Crippen molar-refractivity contribution in [1.82, 2.24) is 9.97 Å². The van der Waals surface area contributed by atoms with Crippen LogP contribution in [0.1, 0.15) is 22.9 Å². The van der Waals surface area contributed by atoms with Crippen molar-refractivity contribution in [1.29, 1.82) is 0 Å². The minimum Gasteiger partial charge on any atom is -0.448 e. The molecule has 11 nitrogen and oxygen atoms in total. The lowest BCUT2D eigenvalue weighted by Crippen LogP contribution is -2.20. The summed E-state index contributed by atoms with van der Waals surface area (Å²) in [7, 11) is 0. The van der Waals surface area contributed by atoms with Gasteiger partial charge in [0.05, 0.1) is 10.6 Å². The van der Waals surface area contributed by atoms with Crippen LogP contribution < -0.4 is 21.7 Å². The Labute approximate surface area is 212 Å². The second-order valence-corrected chi connectivity index (χ2v) is 7.92. The molecule has 1 aliphatic heterocycles. The van der Waals surface area contributed by atoms with E-state index in [9.17, 15) is 22.8 Å². The molecule has 1 unspecified atom stereocenters. The number of aromatic nitrogens is 2. The van der Waals surface area contributed by atoms with Gasteiger partial charge in [-0.15, -0.1) is 5.11 Å². The number of carbonyl (C=O) groups excluding carboxylic acids is 2. The Bertz CT molecular complexity index is 1350. The van der Waals surface area contributed by atoms with Crippen LogP contribution in [0.15, 0.2) is 59.0 Å². The molecular formula is C22H18ClF3N8O3. The van der Waals surface area contributed by atoms with Crippen LogP contribution in [0.5, 0.6) is 0 Å². The summed E-state index contributed by atoms with van der Waals surface area (Å²) in [5.41, 5.74) is 5.94. The number of hydrogen-bond acceptors (Lipinski definition) is 8. The smallest absolute Gasteiger partial charge is 0.417 e. The number of halogens is 4. The third-order valence-corrected chi connectivity index (χ3v) is 5.30. The second-order valence-electron chi connectivity index (χ2n) is 7.52. The van der Waals surface area contributed by atoms with E-state index < -0.39 is 34.9 Å². The normalized spacial score (nSPS) is 14.1. The highest BCUT2D eigenvalue weighted by atomic mass is 35.5. The van der Waals surface area contributed by atoms with E-state index >= 15 is 0 Å². The maximum Gasteiger partial charge on any atom is 0.417 e. The van der Waals surface area contributed by atoms with Crippen molar-refractivity contribution in [3.8, 4) is 0 Å². The molecule has 0 saturated carbocycles. The van der Waals surface area contributed by atoms with Gasteiger partial charge in [-0.1, -0.05) is 23.7 Å². The van der Waals surface area contributed by atoms with Crippen molar-refractivity contribution in [2.24, 2.45) is 16.0 Å². The maximum absolute atomic E-state index is 13.0. The molecule has 3 amide bonds. The van der Waals surface area contributed by atoms with Crippen molar-refractivity contribution in [3.05, 3.63) is 70.6 Å². The van der Waals surface area contributed by atoms with Gasteiger partial charge in [0, 0.05) is 17.9 Å². The molecule has 3 aromatic rings. The van der Waals surface area contributed by atoms with Crippen molar-refractivity contribution < 1.29 is 27.5 Å². The zero-order chi connectivity index (χ0) is 26.6. The van der Waals surface area contributed by atoms with E-state index in [-0.39, 0.29) is 30.3 Å². The lowest BCUT2D eigenvalue weighted by atomic mass is 10.0. The Morgan fingerprint density at radius 3 is 2.43 bits per heavy atom. The Morgan fingerprint density at radius 2 is 1.73 bits per heavy atom. The maximum atomic E-state index is 13.0. The minimum absolute atomic E-state index is 0.0377. The van der Waals surface area contributed by atoms with Gasteiger partial charge in [-0.05, 0) is 35.9 Å². The lowest BCUT2D eigenvalue weighted by molar-refractivity contribution is -0.137. The number of nitrogens with two attached hydrogens (primary N) is 1. The van der Waals surface area contributed by atoms with Gasteiger partial charge in [-0.2, -0.15) is 18.3 Å². The summed E-state index contributed by atoms with van der Waals surface area (Å²) in [6.45, 7) is 0.208. The molecule has 0 radical (unpaired) electrons. The molecule has 0 spiro atoms. The van der Waals surface area contributed by atoms with Crippen molar-refractivity contribution in [3.63, 3.8) is 0 Å². The van der Waals surface area contributed by atoms with E-state index in [1.807, 2.05) is 0 Å². The first kappa shape index (κ1) is 25.8. The van der Waals surface area contributed by atoms with Gasteiger partial charge < -0.3 is 21.1 Å². The van der Waals surface area contributed by atoms with E-state index in [4.69, 9.17) is 22.1 Å². The number of ether oxygens (including phenoxy) is 1. The Balaban J connectivity index is 1.42. The van der Waals surface area contributed by atoms with Gasteiger partial charge in [-0.25, -0.2) is 19.6 Å². The molecule has 37 heavy (non-hydrogen) atoms. The number of anilines is 3. The zero-order valence-corrected chi connectivity index (χ0v) is 19.5. The van der Waals surface area contributed by atoms with Crippen LogP contribution in [0.3, 0.4) is 0 Å². The van der Waals surface area contributed by atoms with Crippen molar-refractivity contribution in [2.75, 3.05) is 29.1 Å². The third-order valence-electron chi connectivity index (χ3n) is 4.97. The van der Waals surface area contributed by atoms with Crippen molar-refractivity contribution >= 4 is 46.6 Å². The summed E-state index contributed by atoms with van der Waals surface area (Å²) in [4.78, 5) is 32.3. The van der Waals surface area contributed by atoms with Crippen LogP contribution in [-0.4, -0.2) is 35.2 Å². The molecule has 1 aliphatic rings. The Morgan fingerprint density at radius 1 is 1.03 bits per heavy atom. The largest absolute Gasteiger partial charge is 0.448 e. The number of amides is 3. The van der Waals surface area contributed by atoms with Gasteiger partial charge in [0.1, 0.15) is 24.7 Å². The van der Waals surface area contributed by atoms with Gasteiger partial charge in [0.2, 0.25) is 0 Å². The molecule has 2 heterocycles. The topological polar surface area (TPSA) is 156 Å². The Hall–Kier alpha value is -4.30. The molecule has 1 aromatic heterocycles. The molecule has 5 N–H and O–H groups in total. The SMILES string of the molecule is NCCOC(=O)Nc1ncnc2c1N=NC2c1ccc(NC(=O)Nc2ccc(Cl)c(C(F)(F)F)c2)cc1. The predicted octanol–water partition coefficient (Wildman–Crippen LogP) is 5.49. The van der Waals surface area contributed by atoms with E-state index in [2.05, 4.69) is 36.1 Å². The standard InChI is InChI=1S/C22H18ClF3N8O3/c23-15-6-5-13(9-14(15)22(24,25)26)31-20(35)30-12-3-1-11(2-4-12)16-17-18(34-33-16)19(29-10-28-17)32-21(36)37-8-7-27/h1-6,9-10,16H,7-8,27H2,(H2,30,31,35)(H,28,29,32,36). The minimum atomic E-state index is -4.66. The van der Waals surface area contributed by atoms with Gasteiger partial charge in [0.15, 0.2) is 11.5 Å². The zero-order valence-electron chi connectivity index (χ0n) is 18.7. The summed E-state index contributed by atoms with van der Waals surface area (Å²) in [6.07, 6.45) is -4.15. The summed E-state index contributed by atoms with van der Waals surface area (Å²) in [6, 6.07) is 8.21. The molecule has 0 saturated heterocycles. The number of fused-ring (bicyclic) bond motifs is 1. The lowest BCUT2D eigenvalue weighted by Gasteiger charge is -2.13. The fourth-order valence-corrected chi connectivity index (χ4v) is 3.55. The summed E-state index contributed by atoms with van der Waals surface area (Å²) in [5, 5.41) is 15.1. The van der Waals surface area contributed by atoms with Gasteiger partial charge in [-0.3, -0.25) is 5.32 Å². The summed E-state index contributed by atoms with van der Waals surface area (Å²) in [5.74, 6) is 0.129. The van der Waals surface area contributed by atoms with Gasteiger partial charge in [0.25, 0.3) is 0 Å². The number of benzene rings is 2. The van der Waals surface area contributed by atoms with E-state index in [1.165, 1.54) is 12.4 Å². The molecule has 4 rings (SSSR count). The molecule has 0 bridgehead atoms. The average molecular weight is 535 g/mol. The fourth-order valence-electron chi connectivity index (χ4n) is 3.32. The Kier molecular flexibility index (Phi) is 7.50. The average Bonchev–Trinajstić information content (AvgIpc) is 3.29. The molecule has 1 atom stereocenters. The summed E-state index contributed by atoms with van der Waals surface area (Å²) >= 11 is 5.60. The second kappa shape index (κ2) is 10.8. The highest BCUT2D eigenvalue weighted by molar-refractivity contribution is 6.31. The number of alkyl halides is 3. The number of nitrogens with one attached hydrogen (secondary N) is 3. The van der Waals surface area contributed by atoms with E-state index in [0.29, 0.717) is 16.9 Å². The number of nitrogens with zero attached hydrogens (tertiary/aromatic N) is 4. The first-order valence-corrected chi connectivity index (χ1v) is 11.0. The molecule has 0 fully saturated rings. The number of hydrogen-bond donors (Lipinski definition) is 4. The molecule has 15 heteroatoms. The van der Waals surface area contributed by atoms with Crippen LogP contribution in [0.2, 0.25) is 5.02 Å². The first-order valence-electron chi connectivity index (χ1n) is 10.6. The molecule has 2 aromatic carbocycles. The van der Waals surface area contributed by atoms with Gasteiger partial charge >= 0.3 is 18.3 Å². The highest BCUT2D eigenvalue weighted by Crippen LogP contribution is 2.42. The predicted molar refractivity (Wildman–Crippen MR) is 128 cm³/mol. The van der Waals surface area contributed by atoms with Crippen LogP contribution >= 0.6 is 11.6 Å². The highest BCUT2D eigenvalue weighted by Gasteiger charge is 2.33. The van der Waals surface area contributed by atoms with Crippen LogP contribution in [0.25, 0.3) is 0 Å². The number of urea groups is 1. The quantitative estimate of drug-likeness (QED) is 0.328. The first-order chi connectivity index (χ1) is 17.7. The number of azo groups is 1. The van der Waals surface area contributed by atoms with Crippen molar-refractivity contribution in [2.45, 2.75) is 12.2 Å². The summed E-state index contributed by atoms with van der Waals surface area (Å²) < 4.78 is 44.0.